The number of hydrogen-bond acceptors (Lipinski definition) is 5. The lowest BCUT2D eigenvalue weighted by Crippen LogP contribution is -2.22. The Morgan fingerprint density at radius 2 is 2.16 bits per heavy atom. The second kappa shape index (κ2) is 6.87. The number of aromatic amines is 1. The lowest BCUT2D eigenvalue weighted by molar-refractivity contribution is -0.124. The van der Waals surface area contributed by atoms with E-state index >= 15 is 0 Å². The molecule has 1 aromatic carbocycles. The zero-order chi connectivity index (χ0) is 18.0. The number of aryl methyl sites for hydroxylation is 1. The van der Waals surface area contributed by atoms with Gasteiger partial charge in [0.15, 0.2) is 10.2 Å². The third-order valence-electron chi connectivity index (χ3n) is 3.46. The zero-order valence-corrected chi connectivity index (χ0v) is 14.8. The van der Waals surface area contributed by atoms with Crippen LogP contribution < -0.4 is 0 Å². The fourth-order valence-corrected chi connectivity index (χ4v) is 3.00. The minimum Gasteiger partial charge on any atom is -0.450 e. The summed E-state index contributed by atoms with van der Waals surface area (Å²) in [6.45, 7) is 2.03. The number of nitrogens with zero attached hydrogens (tertiary/aromatic N) is 3. The quantitative estimate of drug-likeness (QED) is 0.572. The first kappa shape index (κ1) is 16.9. The van der Waals surface area contributed by atoms with Crippen molar-refractivity contribution in [1.29, 1.82) is 5.26 Å². The van der Waals surface area contributed by atoms with Crippen molar-refractivity contribution in [2.75, 3.05) is 14.1 Å². The SMILES string of the molecule is Cc1ccc2nc(Sc3ccc(/C=C(/C#N)C(=O)N(C)C)o3)[nH]c2c1. The number of fused-ring (bicyclic) bond motifs is 1. The largest absolute Gasteiger partial charge is 0.450 e. The second-order valence-corrected chi connectivity index (χ2v) is 6.68. The maximum atomic E-state index is 11.9. The van der Waals surface area contributed by atoms with Gasteiger partial charge in [0.25, 0.3) is 5.91 Å². The van der Waals surface area contributed by atoms with Crippen LogP contribution in [0.1, 0.15) is 11.3 Å². The zero-order valence-electron chi connectivity index (χ0n) is 14.0. The van der Waals surface area contributed by atoms with E-state index in [9.17, 15) is 4.79 Å². The molecule has 0 radical (unpaired) electrons. The number of nitriles is 1. The fourth-order valence-electron chi connectivity index (χ4n) is 2.24. The van der Waals surface area contributed by atoms with E-state index in [4.69, 9.17) is 9.68 Å². The van der Waals surface area contributed by atoms with Crippen molar-refractivity contribution in [3.8, 4) is 6.07 Å². The molecule has 0 unspecified atom stereocenters. The molecule has 0 aliphatic carbocycles. The highest BCUT2D eigenvalue weighted by Crippen LogP contribution is 2.29. The Morgan fingerprint density at radius 3 is 2.88 bits per heavy atom. The smallest absolute Gasteiger partial charge is 0.264 e. The van der Waals surface area contributed by atoms with Crippen LogP contribution in [0.2, 0.25) is 0 Å². The number of carbonyl (C=O) groups excluding carboxylic acids is 1. The summed E-state index contributed by atoms with van der Waals surface area (Å²) in [5, 5.41) is 10.5. The molecule has 0 spiro atoms. The van der Waals surface area contributed by atoms with Crippen LogP contribution in [0.25, 0.3) is 17.1 Å². The van der Waals surface area contributed by atoms with E-state index in [2.05, 4.69) is 9.97 Å². The monoisotopic (exact) mass is 352 g/mol. The summed E-state index contributed by atoms with van der Waals surface area (Å²) < 4.78 is 5.67. The van der Waals surface area contributed by atoms with Crippen LogP contribution in [0.5, 0.6) is 0 Å². The molecule has 0 atom stereocenters. The summed E-state index contributed by atoms with van der Waals surface area (Å²) in [5.74, 6) is 0.0852. The van der Waals surface area contributed by atoms with Crippen LogP contribution in [-0.4, -0.2) is 34.9 Å². The number of H-pyrrole nitrogens is 1. The second-order valence-electron chi connectivity index (χ2n) is 5.69. The van der Waals surface area contributed by atoms with E-state index in [-0.39, 0.29) is 11.5 Å². The number of hydrogen-bond donors (Lipinski definition) is 1. The minimum atomic E-state index is -0.360. The van der Waals surface area contributed by atoms with Crippen molar-refractivity contribution >= 4 is 34.8 Å². The van der Waals surface area contributed by atoms with E-state index in [0.29, 0.717) is 10.9 Å². The molecule has 0 bridgehead atoms. The molecule has 2 heterocycles. The summed E-state index contributed by atoms with van der Waals surface area (Å²) in [6.07, 6.45) is 1.44. The summed E-state index contributed by atoms with van der Waals surface area (Å²) in [4.78, 5) is 21.0. The Bertz CT molecular complexity index is 1010. The molecule has 0 saturated carbocycles. The number of carbonyl (C=O) groups is 1. The molecule has 3 rings (SSSR count). The molecule has 2 aromatic heterocycles. The Hall–Kier alpha value is -2.98. The van der Waals surface area contributed by atoms with E-state index < -0.39 is 0 Å². The average Bonchev–Trinajstić information content (AvgIpc) is 3.17. The lowest BCUT2D eigenvalue weighted by Gasteiger charge is -2.07. The molecule has 0 fully saturated rings. The first-order valence-electron chi connectivity index (χ1n) is 7.54. The molecular weight excluding hydrogens is 336 g/mol. The summed E-state index contributed by atoms with van der Waals surface area (Å²) >= 11 is 1.35. The Morgan fingerprint density at radius 1 is 1.36 bits per heavy atom. The van der Waals surface area contributed by atoms with Crippen LogP contribution in [0, 0.1) is 18.3 Å². The number of likely N-dealkylation sites (N-methyl/N-ethyl adjacent to an activating group) is 1. The molecule has 7 heteroatoms. The molecule has 25 heavy (non-hydrogen) atoms. The molecule has 1 N–H and O–H groups in total. The van der Waals surface area contributed by atoms with Crippen LogP contribution in [0.4, 0.5) is 0 Å². The summed E-state index contributed by atoms with van der Waals surface area (Å²) in [7, 11) is 3.19. The van der Waals surface area contributed by atoms with E-state index in [1.807, 2.05) is 31.2 Å². The topological polar surface area (TPSA) is 85.9 Å². The number of amides is 1. The number of benzene rings is 1. The summed E-state index contributed by atoms with van der Waals surface area (Å²) in [6, 6.07) is 11.4. The normalized spacial score (nSPS) is 11.5. The van der Waals surface area contributed by atoms with Crippen molar-refractivity contribution < 1.29 is 9.21 Å². The molecule has 6 nitrogen and oxygen atoms in total. The standard InChI is InChI=1S/C18H16N4O2S/c1-11-4-6-14-15(8-11)21-18(20-14)25-16-7-5-13(24-16)9-12(10-19)17(23)22(2)3/h4-9H,1-3H3,(H,20,21)/b12-9-. The van der Waals surface area contributed by atoms with Crippen molar-refractivity contribution in [2.24, 2.45) is 0 Å². The lowest BCUT2D eigenvalue weighted by atomic mass is 10.2. The first-order valence-corrected chi connectivity index (χ1v) is 8.35. The van der Waals surface area contributed by atoms with Gasteiger partial charge in [-0.25, -0.2) is 4.98 Å². The third-order valence-corrected chi connectivity index (χ3v) is 4.27. The predicted octanol–water partition coefficient (Wildman–Crippen LogP) is 3.61. The van der Waals surface area contributed by atoms with Crippen molar-refractivity contribution in [2.45, 2.75) is 17.2 Å². The number of imidazole rings is 1. The van der Waals surface area contributed by atoms with Gasteiger partial charge in [0.2, 0.25) is 0 Å². The molecule has 1 amide bonds. The number of nitrogens with one attached hydrogen (secondary N) is 1. The van der Waals surface area contributed by atoms with Gasteiger partial charge in [-0.1, -0.05) is 6.07 Å². The van der Waals surface area contributed by atoms with Crippen molar-refractivity contribution in [3.63, 3.8) is 0 Å². The van der Waals surface area contributed by atoms with E-state index in [0.717, 1.165) is 21.8 Å². The molecular formula is C18H16N4O2S. The summed E-state index contributed by atoms with van der Waals surface area (Å²) in [5.41, 5.74) is 3.04. The van der Waals surface area contributed by atoms with Gasteiger partial charge in [-0.2, -0.15) is 5.26 Å². The van der Waals surface area contributed by atoms with Crippen LogP contribution in [0.3, 0.4) is 0 Å². The predicted molar refractivity (Wildman–Crippen MR) is 95.9 cm³/mol. The third kappa shape index (κ3) is 3.75. The number of rotatable bonds is 4. The van der Waals surface area contributed by atoms with E-state index in [1.54, 1.807) is 26.2 Å². The van der Waals surface area contributed by atoms with Crippen molar-refractivity contribution in [1.82, 2.24) is 14.9 Å². The highest BCUT2D eigenvalue weighted by molar-refractivity contribution is 7.99. The molecule has 0 aliphatic rings. The molecule has 0 aliphatic heterocycles. The first-order chi connectivity index (χ1) is 12.0. The van der Waals surface area contributed by atoms with E-state index in [1.165, 1.54) is 22.7 Å². The van der Waals surface area contributed by atoms with Gasteiger partial charge in [0.05, 0.1) is 11.0 Å². The molecule has 0 saturated heterocycles. The van der Waals surface area contributed by atoms with Gasteiger partial charge < -0.3 is 14.3 Å². The number of furan rings is 1. The maximum Gasteiger partial charge on any atom is 0.264 e. The van der Waals surface area contributed by atoms with Crippen LogP contribution >= 0.6 is 11.8 Å². The fraction of sp³-hybridized carbons (Fsp3) is 0.167. The van der Waals surface area contributed by atoms with Crippen LogP contribution in [-0.2, 0) is 4.79 Å². The number of aromatic nitrogens is 2. The highest BCUT2D eigenvalue weighted by Gasteiger charge is 2.13. The molecule has 3 aromatic rings. The Labute approximate surface area is 149 Å². The van der Waals surface area contributed by atoms with Gasteiger partial charge in [-0.3, -0.25) is 4.79 Å². The molecule has 126 valence electrons. The van der Waals surface area contributed by atoms with Crippen LogP contribution in [0.15, 0.2) is 50.6 Å². The Balaban J connectivity index is 1.81. The van der Waals surface area contributed by atoms with Gasteiger partial charge in [0, 0.05) is 20.2 Å². The Kier molecular flexibility index (Phi) is 4.63. The maximum absolute atomic E-state index is 11.9. The highest BCUT2D eigenvalue weighted by atomic mass is 32.2. The van der Waals surface area contributed by atoms with Gasteiger partial charge in [0.1, 0.15) is 17.4 Å². The van der Waals surface area contributed by atoms with Crippen molar-refractivity contribution in [3.05, 3.63) is 47.2 Å². The van der Waals surface area contributed by atoms with Gasteiger partial charge >= 0.3 is 0 Å². The van der Waals surface area contributed by atoms with Gasteiger partial charge in [-0.05, 0) is 48.5 Å². The average molecular weight is 352 g/mol. The van der Waals surface area contributed by atoms with Gasteiger partial charge in [-0.15, -0.1) is 0 Å². The minimum absolute atomic E-state index is 0.0233.